The second-order valence-electron chi connectivity index (χ2n) is 4.87. The van der Waals surface area contributed by atoms with Crippen LogP contribution in [0.15, 0.2) is 24.7 Å². The average Bonchev–Trinajstić information content (AvgIpc) is 2.96. The van der Waals surface area contributed by atoms with Crippen LogP contribution >= 0.6 is 11.6 Å². The number of hydrogen-bond acceptors (Lipinski definition) is 5. The van der Waals surface area contributed by atoms with E-state index in [0.717, 1.165) is 5.56 Å². The molecule has 0 aromatic carbocycles. The molecule has 0 spiro atoms. The van der Waals surface area contributed by atoms with Gasteiger partial charge in [-0.25, -0.2) is 9.97 Å². The van der Waals surface area contributed by atoms with Crippen LogP contribution in [-0.2, 0) is 5.54 Å². The minimum absolute atomic E-state index is 0.171. The number of aromatic nitrogens is 4. The summed E-state index contributed by atoms with van der Waals surface area (Å²) in [7, 11) is 0. The van der Waals surface area contributed by atoms with Crippen LogP contribution in [0.2, 0.25) is 5.28 Å². The Morgan fingerprint density at radius 1 is 1.38 bits per heavy atom. The second-order valence-corrected chi connectivity index (χ2v) is 5.21. The molecule has 0 radical (unpaired) electrons. The van der Waals surface area contributed by atoms with Gasteiger partial charge in [0.15, 0.2) is 0 Å². The van der Waals surface area contributed by atoms with Gasteiger partial charge in [-0.15, -0.1) is 0 Å². The van der Waals surface area contributed by atoms with Gasteiger partial charge < -0.3 is 0 Å². The summed E-state index contributed by atoms with van der Waals surface area (Å²) in [4.78, 5) is 7.97. The molecule has 0 aliphatic carbocycles. The van der Waals surface area contributed by atoms with Crippen LogP contribution in [0.3, 0.4) is 0 Å². The molecule has 0 aliphatic rings. The van der Waals surface area contributed by atoms with E-state index in [1.807, 2.05) is 13.1 Å². The van der Waals surface area contributed by atoms with E-state index in [0.29, 0.717) is 18.5 Å². The molecule has 2 aromatic heterocycles. The van der Waals surface area contributed by atoms with Gasteiger partial charge >= 0.3 is 0 Å². The Hall–Kier alpha value is -2.44. The highest BCUT2D eigenvalue weighted by atomic mass is 35.5. The van der Waals surface area contributed by atoms with Crippen molar-refractivity contribution in [2.24, 2.45) is 0 Å². The summed E-state index contributed by atoms with van der Waals surface area (Å²) in [5.41, 5.74) is 0.945. The molecule has 0 fully saturated rings. The lowest BCUT2D eigenvalue weighted by molar-refractivity contribution is 0.273. The fraction of sp³-hybridized carbons (Fsp3) is 0.357. The van der Waals surface area contributed by atoms with Gasteiger partial charge in [0.2, 0.25) is 5.28 Å². The molecule has 106 valence electrons. The SMILES string of the molecule is CC(CC#N)(CCC#N)n1cc(-c2ccnc(Cl)n2)cn1. The van der Waals surface area contributed by atoms with E-state index in [4.69, 9.17) is 22.1 Å². The molecule has 0 saturated carbocycles. The Bertz CT molecular complexity index is 711. The Morgan fingerprint density at radius 2 is 2.19 bits per heavy atom. The third-order valence-electron chi connectivity index (χ3n) is 3.29. The zero-order valence-electron chi connectivity index (χ0n) is 11.5. The standard InChI is InChI=1S/C14H13ClN6/c1-14(5-7-17,4-2-6-16)21-10-11(9-19-21)12-3-8-18-13(15)20-12/h3,8-10H,2,4-5H2,1H3. The minimum atomic E-state index is -0.514. The predicted octanol–water partition coefficient (Wildman–Crippen LogP) is 2.93. The van der Waals surface area contributed by atoms with Crippen LogP contribution in [0.4, 0.5) is 0 Å². The normalized spacial score (nSPS) is 13.1. The van der Waals surface area contributed by atoms with Crippen LogP contribution in [0, 0.1) is 22.7 Å². The predicted molar refractivity (Wildman–Crippen MR) is 77.0 cm³/mol. The van der Waals surface area contributed by atoms with Gasteiger partial charge in [-0.3, -0.25) is 4.68 Å². The highest BCUT2D eigenvalue weighted by Crippen LogP contribution is 2.27. The van der Waals surface area contributed by atoms with Gasteiger partial charge in [-0.2, -0.15) is 15.6 Å². The second kappa shape index (κ2) is 6.34. The van der Waals surface area contributed by atoms with Crippen LogP contribution in [0.1, 0.15) is 26.2 Å². The number of nitriles is 2. The van der Waals surface area contributed by atoms with Crippen molar-refractivity contribution in [1.29, 1.82) is 10.5 Å². The first-order valence-electron chi connectivity index (χ1n) is 6.37. The molecular weight excluding hydrogens is 288 g/mol. The van der Waals surface area contributed by atoms with E-state index in [2.05, 4.69) is 27.2 Å². The summed E-state index contributed by atoms with van der Waals surface area (Å²) >= 11 is 5.78. The van der Waals surface area contributed by atoms with Gasteiger partial charge in [0, 0.05) is 24.4 Å². The lowest BCUT2D eigenvalue weighted by atomic mass is 9.93. The Morgan fingerprint density at radius 3 is 2.86 bits per heavy atom. The maximum atomic E-state index is 9.01. The van der Waals surface area contributed by atoms with Crippen molar-refractivity contribution >= 4 is 11.6 Å². The zero-order chi connectivity index (χ0) is 15.3. The van der Waals surface area contributed by atoms with Crippen molar-refractivity contribution in [2.45, 2.75) is 31.7 Å². The van der Waals surface area contributed by atoms with Gasteiger partial charge in [0.1, 0.15) is 0 Å². The number of hydrogen-bond donors (Lipinski definition) is 0. The number of halogens is 1. The highest BCUT2D eigenvalue weighted by Gasteiger charge is 2.27. The summed E-state index contributed by atoms with van der Waals surface area (Å²) in [5, 5.41) is 22.3. The van der Waals surface area contributed by atoms with E-state index in [1.165, 1.54) is 0 Å². The number of nitrogens with zero attached hydrogens (tertiary/aromatic N) is 6. The summed E-state index contributed by atoms with van der Waals surface area (Å²) in [6.45, 7) is 1.91. The van der Waals surface area contributed by atoms with E-state index >= 15 is 0 Å². The molecule has 2 rings (SSSR count). The summed E-state index contributed by atoms with van der Waals surface area (Å²) in [6.07, 6.45) is 6.26. The largest absolute Gasteiger partial charge is 0.265 e. The van der Waals surface area contributed by atoms with E-state index < -0.39 is 5.54 Å². The summed E-state index contributed by atoms with van der Waals surface area (Å²) in [6, 6.07) is 6.01. The molecule has 1 atom stereocenters. The third kappa shape index (κ3) is 3.36. The topological polar surface area (TPSA) is 91.2 Å². The molecule has 21 heavy (non-hydrogen) atoms. The zero-order valence-corrected chi connectivity index (χ0v) is 12.2. The quantitative estimate of drug-likeness (QED) is 0.792. The molecule has 7 heteroatoms. The lowest BCUT2D eigenvalue weighted by Gasteiger charge is -2.26. The average molecular weight is 301 g/mol. The first-order valence-corrected chi connectivity index (χ1v) is 6.75. The lowest BCUT2D eigenvalue weighted by Crippen LogP contribution is -2.30. The van der Waals surface area contributed by atoms with E-state index in [9.17, 15) is 0 Å². The Labute approximate surface area is 127 Å². The Kier molecular flexibility index (Phi) is 4.52. The van der Waals surface area contributed by atoms with Crippen molar-refractivity contribution in [1.82, 2.24) is 19.7 Å². The van der Waals surface area contributed by atoms with Gasteiger partial charge in [-0.1, -0.05) is 0 Å². The van der Waals surface area contributed by atoms with Crippen molar-refractivity contribution in [3.63, 3.8) is 0 Å². The molecule has 2 heterocycles. The van der Waals surface area contributed by atoms with Gasteiger partial charge in [0.05, 0.1) is 36.0 Å². The molecule has 0 N–H and O–H groups in total. The summed E-state index contributed by atoms with van der Waals surface area (Å²) in [5.74, 6) is 0. The van der Waals surface area contributed by atoms with E-state index in [-0.39, 0.29) is 11.7 Å². The first kappa shape index (κ1) is 15.0. The smallest absolute Gasteiger partial charge is 0.222 e. The maximum Gasteiger partial charge on any atom is 0.222 e. The molecule has 2 aromatic rings. The van der Waals surface area contributed by atoms with Crippen molar-refractivity contribution in [3.8, 4) is 23.4 Å². The number of rotatable bonds is 5. The van der Waals surface area contributed by atoms with Gasteiger partial charge in [0.25, 0.3) is 0 Å². The maximum absolute atomic E-state index is 9.01. The molecule has 0 amide bonds. The molecule has 0 bridgehead atoms. The van der Waals surface area contributed by atoms with Crippen LogP contribution in [-0.4, -0.2) is 19.7 Å². The first-order chi connectivity index (χ1) is 10.1. The molecule has 1 unspecified atom stereocenters. The fourth-order valence-electron chi connectivity index (χ4n) is 2.03. The molecule has 0 saturated heterocycles. The molecular formula is C14H13ClN6. The fourth-order valence-corrected chi connectivity index (χ4v) is 2.17. The Balaban J connectivity index is 2.33. The monoisotopic (exact) mass is 300 g/mol. The highest BCUT2D eigenvalue weighted by molar-refractivity contribution is 6.28. The van der Waals surface area contributed by atoms with E-state index in [1.54, 1.807) is 23.1 Å². The van der Waals surface area contributed by atoms with Crippen LogP contribution in [0.25, 0.3) is 11.3 Å². The van der Waals surface area contributed by atoms with Crippen LogP contribution in [0.5, 0.6) is 0 Å². The molecule has 6 nitrogen and oxygen atoms in total. The van der Waals surface area contributed by atoms with Crippen molar-refractivity contribution in [2.75, 3.05) is 0 Å². The van der Waals surface area contributed by atoms with Crippen molar-refractivity contribution < 1.29 is 0 Å². The summed E-state index contributed by atoms with van der Waals surface area (Å²) < 4.78 is 1.72. The molecule has 0 aliphatic heterocycles. The third-order valence-corrected chi connectivity index (χ3v) is 3.48. The van der Waals surface area contributed by atoms with Gasteiger partial charge in [-0.05, 0) is 31.0 Å². The van der Waals surface area contributed by atoms with Crippen LogP contribution < -0.4 is 0 Å². The minimum Gasteiger partial charge on any atom is -0.265 e. The van der Waals surface area contributed by atoms with Crippen molar-refractivity contribution in [3.05, 3.63) is 29.9 Å².